The second-order valence-electron chi connectivity index (χ2n) is 4.37. The zero-order valence-electron chi connectivity index (χ0n) is 10.7. The van der Waals surface area contributed by atoms with Gasteiger partial charge >= 0.3 is 0 Å². The number of nitrogens with one attached hydrogen (secondary N) is 1. The third-order valence-electron chi connectivity index (χ3n) is 2.92. The van der Waals surface area contributed by atoms with Crippen molar-refractivity contribution in [1.29, 1.82) is 0 Å². The minimum Gasteiger partial charge on any atom is -0.381 e. The van der Waals surface area contributed by atoms with Crippen LogP contribution in [-0.4, -0.2) is 20.2 Å². The molecule has 7 heteroatoms. The highest BCUT2D eigenvalue weighted by Crippen LogP contribution is 2.22. The first-order chi connectivity index (χ1) is 9.72. The predicted octanol–water partition coefficient (Wildman–Crippen LogP) is 3.41. The molecule has 0 saturated heterocycles. The van der Waals surface area contributed by atoms with E-state index in [0.717, 1.165) is 27.3 Å². The molecule has 0 aliphatic carbocycles. The number of aromatic nitrogens is 4. The highest BCUT2D eigenvalue weighted by Gasteiger charge is 2.04. The van der Waals surface area contributed by atoms with Gasteiger partial charge in [-0.15, -0.1) is 16.4 Å². The molecule has 20 heavy (non-hydrogen) atoms. The molecule has 5 nitrogen and oxygen atoms in total. The average Bonchev–Trinajstić information content (AvgIpc) is 3.09. The smallest absolute Gasteiger partial charge is 0.143 e. The Hall–Kier alpha value is -1.73. The van der Waals surface area contributed by atoms with Crippen LogP contribution in [0.2, 0.25) is 0 Å². The van der Waals surface area contributed by atoms with Gasteiger partial charge in [-0.3, -0.25) is 0 Å². The molecule has 0 aliphatic heterocycles. The molecule has 2 heterocycles. The van der Waals surface area contributed by atoms with Crippen molar-refractivity contribution in [3.8, 4) is 5.69 Å². The molecular formula is C13H12BrN5S. The van der Waals surface area contributed by atoms with Crippen LogP contribution in [0.25, 0.3) is 5.69 Å². The maximum absolute atomic E-state index is 3.93. The lowest BCUT2D eigenvalue weighted by molar-refractivity contribution is 0.785. The van der Waals surface area contributed by atoms with E-state index in [9.17, 15) is 0 Å². The molecule has 0 spiro atoms. The van der Waals surface area contributed by atoms with Crippen LogP contribution in [-0.2, 0) is 6.54 Å². The van der Waals surface area contributed by atoms with Crippen LogP contribution in [0.5, 0.6) is 0 Å². The lowest BCUT2D eigenvalue weighted by Gasteiger charge is -2.09. The van der Waals surface area contributed by atoms with Crippen LogP contribution in [0.15, 0.2) is 39.8 Å². The van der Waals surface area contributed by atoms with E-state index in [1.165, 1.54) is 5.56 Å². The van der Waals surface area contributed by atoms with Crippen molar-refractivity contribution in [2.75, 3.05) is 5.32 Å². The van der Waals surface area contributed by atoms with E-state index in [2.05, 4.69) is 60.4 Å². The van der Waals surface area contributed by atoms with Gasteiger partial charge in [0.1, 0.15) is 6.33 Å². The summed E-state index contributed by atoms with van der Waals surface area (Å²) in [5, 5.41) is 16.8. The second kappa shape index (κ2) is 5.72. The van der Waals surface area contributed by atoms with Gasteiger partial charge in [0.05, 0.1) is 9.47 Å². The molecule has 0 saturated carbocycles. The number of benzene rings is 1. The molecule has 1 aromatic carbocycles. The Balaban J connectivity index is 1.79. The summed E-state index contributed by atoms with van der Waals surface area (Å²) in [6.45, 7) is 2.83. The minimum atomic E-state index is 0.792. The fourth-order valence-electron chi connectivity index (χ4n) is 1.88. The van der Waals surface area contributed by atoms with E-state index in [4.69, 9.17) is 0 Å². The Bertz CT molecular complexity index is 707. The summed E-state index contributed by atoms with van der Waals surface area (Å²) in [6, 6.07) is 8.29. The zero-order valence-corrected chi connectivity index (χ0v) is 13.1. The quantitative estimate of drug-likeness (QED) is 0.784. The third-order valence-corrected chi connectivity index (χ3v) is 4.48. The van der Waals surface area contributed by atoms with Crippen LogP contribution < -0.4 is 5.32 Å². The van der Waals surface area contributed by atoms with Crippen LogP contribution in [0.3, 0.4) is 0 Å². The van der Waals surface area contributed by atoms with Gasteiger partial charge in [0.25, 0.3) is 0 Å². The van der Waals surface area contributed by atoms with Gasteiger partial charge in [-0.2, -0.15) is 0 Å². The van der Waals surface area contributed by atoms with Gasteiger partial charge in [-0.05, 0) is 68.0 Å². The van der Waals surface area contributed by atoms with Crippen molar-refractivity contribution in [2.24, 2.45) is 0 Å². The van der Waals surface area contributed by atoms with E-state index in [1.54, 1.807) is 22.3 Å². The number of hydrogen-bond donors (Lipinski definition) is 1. The summed E-state index contributed by atoms with van der Waals surface area (Å²) in [6.07, 6.45) is 1.60. The summed E-state index contributed by atoms with van der Waals surface area (Å²) in [5.41, 5.74) is 4.41. The van der Waals surface area contributed by atoms with Gasteiger partial charge in [-0.1, -0.05) is 6.07 Å². The van der Waals surface area contributed by atoms with E-state index in [0.29, 0.717) is 0 Å². The number of tetrazole rings is 1. The lowest BCUT2D eigenvalue weighted by Crippen LogP contribution is -2.02. The minimum absolute atomic E-state index is 0.792. The molecule has 102 valence electrons. The zero-order chi connectivity index (χ0) is 13.9. The highest BCUT2D eigenvalue weighted by atomic mass is 79.9. The third kappa shape index (κ3) is 2.88. The molecule has 0 bridgehead atoms. The van der Waals surface area contributed by atoms with Gasteiger partial charge < -0.3 is 5.32 Å². The number of hydrogen-bond acceptors (Lipinski definition) is 5. The Kier molecular flexibility index (Phi) is 3.79. The van der Waals surface area contributed by atoms with Crippen LogP contribution in [0.1, 0.15) is 11.1 Å². The van der Waals surface area contributed by atoms with Crippen LogP contribution in [0, 0.1) is 6.92 Å². The normalized spacial score (nSPS) is 10.7. The summed E-state index contributed by atoms with van der Waals surface area (Å²) in [7, 11) is 0. The van der Waals surface area contributed by atoms with Crippen LogP contribution >= 0.6 is 27.3 Å². The number of rotatable bonds is 4. The summed E-state index contributed by atoms with van der Waals surface area (Å²) in [4.78, 5) is 0. The van der Waals surface area contributed by atoms with Crippen LogP contribution in [0.4, 0.5) is 5.69 Å². The largest absolute Gasteiger partial charge is 0.381 e. The Morgan fingerprint density at radius 2 is 2.25 bits per heavy atom. The lowest BCUT2D eigenvalue weighted by atomic mass is 10.2. The van der Waals surface area contributed by atoms with Crippen molar-refractivity contribution in [3.63, 3.8) is 0 Å². The fraction of sp³-hybridized carbons (Fsp3) is 0.154. The topological polar surface area (TPSA) is 55.6 Å². The average molecular weight is 350 g/mol. The number of nitrogens with zero attached hydrogens (tertiary/aromatic N) is 4. The van der Waals surface area contributed by atoms with Crippen molar-refractivity contribution in [3.05, 3.63) is 50.9 Å². The molecule has 0 atom stereocenters. The first-order valence-corrected chi connectivity index (χ1v) is 7.70. The molecule has 3 aromatic rings. The van der Waals surface area contributed by atoms with Crippen molar-refractivity contribution in [1.82, 2.24) is 20.2 Å². The predicted molar refractivity (Wildman–Crippen MR) is 83.2 cm³/mol. The molecule has 1 N–H and O–H groups in total. The number of thiophene rings is 1. The van der Waals surface area contributed by atoms with Gasteiger partial charge in [0, 0.05) is 12.2 Å². The summed E-state index contributed by atoms with van der Waals surface area (Å²) >= 11 is 5.16. The number of aryl methyl sites for hydroxylation is 1. The van der Waals surface area contributed by atoms with Gasteiger partial charge in [0.15, 0.2) is 0 Å². The maximum Gasteiger partial charge on any atom is 0.143 e. The second-order valence-corrected chi connectivity index (χ2v) is 6.66. The van der Waals surface area contributed by atoms with Crippen molar-refractivity contribution >= 4 is 33.0 Å². The first kappa shape index (κ1) is 13.3. The SMILES string of the molecule is Cc1ccc(NCc2csc(Br)c2)cc1-n1cnnn1. The summed E-state index contributed by atoms with van der Waals surface area (Å²) in [5.74, 6) is 0. The maximum atomic E-state index is 3.93. The van der Waals surface area contributed by atoms with Crippen molar-refractivity contribution < 1.29 is 0 Å². The van der Waals surface area contributed by atoms with E-state index >= 15 is 0 Å². The molecule has 2 aromatic heterocycles. The van der Waals surface area contributed by atoms with E-state index < -0.39 is 0 Å². The number of anilines is 1. The first-order valence-electron chi connectivity index (χ1n) is 6.03. The molecular weight excluding hydrogens is 338 g/mol. The molecule has 0 aliphatic rings. The number of halogens is 1. The Morgan fingerprint density at radius 1 is 1.35 bits per heavy atom. The monoisotopic (exact) mass is 349 g/mol. The van der Waals surface area contributed by atoms with Crippen molar-refractivity contribution in [2.45, 2.75) is 13.5 Å². The highest BCUT2D eigenvalue weighted by molar-refractivity contribution is 9.11. The molecule has 0 fully saturated rings. The Morgan fingerprint density at radius 3 is 2.95 bits per heavy atom. The molecule has 0 radical (unpaired) electrons. The van der Waals surface area contributed by atoms with Gasteiger partial charge in [0.2, 0.25) is 0 Å². The molecule has 0 unspecified atom stereocenters. The summed E-state index contributed by atoms with van der Waals surface area (Å²) < 4.78 is 2.81. The van der Waals surface area contributed by atoms with Gasteiger partial charge in [-0.25, -0.2) is 4.68 Å². The standard InChI is InChI=1S/C13H12BrN5S/c1-9-2-3-11(5-12(9)19-8-16-17-18-19)15-6-10-4-13(14)20-7-10/h2-5,7-8,15H,6H2,1H3. The molecule has 0 amide bonds. The van der Waals surface area contributed by atoms with E-state index in [1.807, 2.05) is 13.0 Å². The molecule has 3 rings (SSSR count). The fourth-order valence-corrected chi connectivity index (χ4v) is 3.09. The Labute approximate surface area is 128 Å². The van der Waals surface area contributed by atoms with E-state index in [-0.39, 0.29) is 0 Å².